The second-order valence-electron chi connectivity index (χ2n) is 7.07. The maximum absolute atomic E-state index is 13.8. The smallest absolute Gasteiger partial charge is 0.232 e. The highest BCUT2D eigenvalue weighted by atomic mass is 19.1. The predicted octanol–water partition coefficient (Wildman–Crippen LogP) is 4.68. The summed E-state index contributed by atoms with van der Waals surface area (Å²) in [5, 5.41) is 1.10. The third-order valence-electron chi connectivity index (χ3n) is 4.44. The quantitative estimate of drug-likeness (QED) is 0.639. The fraction of sp³-hybridized carbons (Fsp3) is 0.333. The van der Waals surface area contributed by atoms with Crippen LogP contribution in [0, 0.1) is 25.6 Å². The molecule has 2 aromatic carbocycles. The Morgan fingerprint density at radius 2 is 1.83 bits per heavy atom. The highest BCUT2D eigenvalue weighted by Gasteiger charge is 2.18. The fourth-order valence-corrected chi connectivity index (χ4v) is 3.25. The van der Waals surface area contributed by atoms with Gasteiger partial charge in [-0.15, -0.1) is 0 Å². The summed E-state index contributed by atoms with van der Waals surface area (Å²) in [5.74, 6) is 0.459. The van der Waals surface area contributed by atoms with Gasteiger partial charge in [-0.05, 0) is 72.1 Å². The molecule has 0 N–H and O–H groups in total. The van der Waals surface area contributed by atoms with Crippen molar-refractivity contribution in [2.45, 2.75) is 34.1 Å². The highest BCUT2D eigenvalue weighted by molar-refractivity contribution is 5.91. The molecule has 0 aliphatic carbocycles. The number of rotatable bonds is 3. The summed E-state index contributed by atoms with van der Waals surface area (Å²) >= 11 is 0. The highest BCUT2D eigenvalue weighted by Crippen LogP contribution is 2.29. The van der Waals surface area contributed by atoms with Gasteiger partial charge in [0, 0.05) is 5.56 Å². The summed E-state index contributed by atoms with van der Waals surface area (Å²) < 4.78 is 15.9. The zero-order valence-corrected chi connectivity index (χ0v) is 15.0. The molecule has 2 nitrogen and oxygen atoms in total. The van der Waals surface area contributed by atoms with Crippen LogP contribution in [-0.4, -0.2) is 4.98 Å². The van der Waals surface area contributed by atoms with E-state index in [0.29, 0.717) is 11.5 Å². The second-order valence-corrected chi connectivity index (χ2v) is 7.07. The SMILES string of the molecule is Cc1cc(-c2c3ccc(CC(C)C)cc3nc[n+]2C)c(C)cc1F. The Morgan fingerprint density at radius 1 is 1.08 bits per heavy atom. The number of benzene rings is 2. The lowest BCUT2D eigenvalue weighted by Gasteiger charge is -2.11. The molecule has 24 heavy (non-hydrogen) atoms. The molecule has 1 heterocycles. The Morgan fingerprint density at radius 3 is 2.54 bits per heavy atom. The molecule has 0 saturated heterocycles. The van der Waals surface area contributed by atoms with Crippen LogP contribution in [-0.2, 0) is 13.5 Å². The van der Waals surface area contributed by atoms with E-state index in [1.165, 1.54) is 5.56 Å². The number of hydrogen-bond donors (Lipinski definition) is 0. The third-order valence-corrected chi connectivity index (χ3v) is 4.44. The zero-order chi connectivity index (χ0) is 17.4. The van der Waals surface area contributed by atoms with Gasteiger partial charge in [0.15, 0.2) is 5.52 Å². The summed E-state index contributed by atoms with van der Waals surface area (Å²) in [5.41, 5.74) is 6.03. The first-order valence-electron chi connectivity index (χ1n) is 8.41. The first-order chi connectivity index (χ1) is 11.4. The minimum Gasteiger partial charge on any atom is -0.232 e. The van der Waals surface area contributed by atoms with Crippen LogP contribution in [0.2, 0.25) is 0 Å². The van der Waals surface area contributed by atoms with Crippen LogP contribution < -0.4 is 4.57 Å². The maximum atomic E-state index is 13.8. The molecule has 0 amide bonds. The van der Waals surface area contributed by atoms with Crippen molar-refractivity contribution < 1.29 is 8.96 Å². The van der Waals surface area contributed by atoms with E-state index in [9.17, 15) is 4.39 Å². The summed E-state index contributed by atoms with van der Waals surface area (Å²) in [6.45, 7) is 8.21. The Labute approximate surface area is 143 Å². The van der Waals surface area contributed by atoms with E-state index >= 15 is 0 Å². The first-order valence-corrected chi connectivity index (χ1v) is 8.41. The third kappa shape index (κ3) is 3.03. The average molecular weight is 323 g/mol. The van der Waals surface area contributed by atoms with Crippen molar-refractivity contribution in [3.05, 3.63) is 59.2 Å². The minimum atomic E-state index is -0.156. The van der Waals surface area contributed by atoms with E-state index in [1.807, 2.05) is 37.9 Å². The van der Waals surface area contributed by atoms with Gasteiger partial charge in [-0.25, -0.2) is 8.96 Å². The van der Waals surface area contributed by atoms with E-state index < -0.39 is 0 Å². The Hall–Kier alpha value is -2.29. The van der Waals surface area contributed by atoms with Crippen LogP contribution in [0.25, 0.3) is 22.2 Å². The van der Waals surface area contributed by atoms with Crippen molar-refractivity contribution in [3.8, 4) is 11.3 Å². The summed E-state index contributed by atoms with van der Waals surface area (Å²) in [4.78, 5) is 4.59. The van der Waals surface area contributed by atoms with Crippen molar-refractivity contribution >= 4 is 10.9 Å². The number of aryl methyl sites for hydroxylation is 3. The standard InChI is InChI=1S/C21H24FN2/c1-13(2)8-16-6-7-17-20(11-16)23-12-24(5)21(17)18-9-15(4)19(22)10-14(18)3/h6-7,9-13H,8H2,1-5H3/q+1. The Kier molecular flexibility index (Phi) is 4.35. The zero-order valence-electron chi connectivity index (χ0n) is 15.0. The molecule has 0 fully saturated rings. The molecular formula is C21H24FN2+. The lowest BCUT2D eigenvalue weighted by atomic mass is 9.97. The lowest BCUT2D eigenvalue weighted by Crippen LogP contribution is -2.32. The molecular weight excluding hydrogens is 299 g/mol. The van der Waals surface area contributed by atoms with Crippen LogP contribution in [0.1, 0.15) is 30.5 Å². The van der Waals surface area contributed by atoms with Crippen molar-refractivity contribution in [3.63, 3.8) is 0 Å². The van der Waals surface area contributed by atoms with Gasteiger partial charge in [0.05, 0.1) is 12.4 Å². The number of nitrogens with zero attached hydrogens (tertiary/aromatic N) is 2. The molecule has 1 aromatic heterocycles. The molecule has 0 bridgehead atoms. The second kappa shape index (κ2) is 6.31. The topological polar surface area (TPSA) is 16.8 Å². The average Bonchev–Trinajstić information content (AvgIpc) is 2.51. The van der Waals surface area contributed by atoms with Crippen molar-refractivity contribution in [1.82, 2.24) is 4.98 Å². The van der Waals surface area contributed by atoms with Crippen LogP contribution in [0.15, 0.2) is 36.7 Å². The van der Waals surface area contributed by atoms with Gasteiger partial charge in [0.25, 0.3) is 6.33 Å². The summed E-state index contributed by atoms with van der Waals surface area (Å²) in [6, 6.07) is 10.0. The molecule has 3 aromatic rings. The number of fused-ring (bicyclic) bond motifs is 1. The fourth-order valence-electron chi connectivity index (χ4n) is 3.25. The molecule has 3 rings (SSSR count). The predicted molar refractivity (Wildman–Crippen MR) is 96.3 cm³/mol. The molecule has 0 radical (unpaired) electrons. The molecule has 0 spiro atoms. The van der Waals surface area contributed by atoms with Gasteiger partial charge in [0.1, 0.15) is 11.5 Å². The van der Waals surface area contributed by atoms with Gasteiger partial charge in [-0.1, -0.05) is 19.9 Å². The van der Waals surface area contributed by atoms with E-state index in [4.69, 9.17) is 0 Å². The van der Waals surface area contributed by atoms with Crippen molar-refractivity contribution in [2.24, 2.45) is 13.0 Å². The maximum Gasteiger partial charge on any atom is 0.287 e. The molecule has 0 aliphatic rings. The lowest BCUT2D eigenvalue weighted by molar-refractivity contribution is -0.662. The molecule has 3 heteroatoms. The van der Waals surface area contributed by atoms with Crippen molar-refractivity contribution in [1.29, 1.82) is 0 Å². The van der Waals surface area contributed by atoms with E-state index in [0.717, 1.165) is 34.1 Å². The van der Waals surface area contributed by atoms with Gasteiger partial charge in [0.2, 0.25) is 0 Å². The van der Waals surface area contributed by atoms with Gasteiger partial charge < -0.3 is 0 Å². The Bertz CT molecular complexity index is 913. The Balaban J connectivity index is 2.24. The molecule has 0 atom stereocenters. The van der Waals surface area contributed by atoms with Crippen LogP contribution >= 0.6 is 0 Å². The normalized spacial score (nSPS) is 11.5. The monoisotopic (exact) mass is 323 g/mol. The summed E-state index contributed by atoms with van der Waals surface area (Å²) in [6.07, 6.45) is 2.89. The van der Waals surface area contributed by atoms with E-state index in [2.05, 4.69) is 37.0 Å². The molecule has 0 saturated carbocycles. The number of hydrogen-bond acceptors (Lipinski definition) is 1. The summed E-state index contributed by atoms with van der Waals surface area (Å²) in [7, 11) is 1.99. The first kappa shape index (κ1) is 16.6. The van der Waals surface area contributed by atoms with Crippen molar-refractivity contribution in [2.75, 3.05) is 0 Å². The minimum absolute atomic E-state index is 0.156. The number of halogens is 1. The molecule has 0 unspecified atom stereocenters. The van der Waals surface area contributed by atoms with Crippen LogP contribution in [0.5, 0.6) is 0 Å². The van der Waals surface area contributed by atoms with Gasteiger partial charge in [-0.2, -0.15) is 0 Å². The molecule has 124 valence electrons. The van der Waals surface area contributed by atoms with Crippen LogP contribution in [0.3, 0.4) is 0 Å². The largest absolute Gasteiger partial charge is 0.287 e. The number of aromatic nitrogens is 2. The van der Waals surface area contributed by atoms with E-state index in [1.54, 1.807) is 6.07 Å². The van der Waals surface area contributed by atoms with Gasteiger partial charge in [-0.3, -0.25) is 0 Å². The van der Waals surface area contributed by atoms with Gasteiger partial charge >= 0.3 is 0 Å². The van der Waals surface area contributed by atoms with E-state index in [-0.39, 0.29) is 5.82 Å². The molecule has 0 aliphatic heterocycles. The van der Waals surface area contributed by atoms with Crippen LogP contribution in [0.4, 0.5) is 4.39 Å².